The highest BCUT2D eigenvalue weighted by Gasteiger charge is 2.08. The topological polar surface area (TPSA) is 12.0 Å². The molecule has 0 aliphatic rings. The Bertz CT molecular complexity index is 511. The highest BCUT2D eigenvalue weighted by atomic mass is 19.3. The van der Waals surface area contributed by atoms with Crippen LogP contribution in [0.1, 0.15) is 36.1 Å². The number of halogens is 2. The molecule has 0 fully saturated rings. The minimum absolute atomic E-state index is 0.0756. The summed E-state index contributed by atoms with van der Waals surface area (Å²) in [6, 6.07) is 16.8. The van der Waals surface area contributed by atoms with Crippen molar-refractivity contribution in [2.45, 2.75) is 25.9 Å². The second kappa shape index (κ2) is 6.43. The third-order valence-corrected chi connectivity index (χ3v) is 3.11. The fraction of sp³-hybridized carbons (Fsp3) is 0.250. The molecule has 0 aliphatic carbocycles. The summed E-state index contributed by atoms with van der Waals surface area (Å²) in [6.07, 6.45) is -2.41. The standard InChI is InChI=1S/C16H17F2N/c1-12(14-7-3-2-4-8-14)19-11-13-6-5-9-15(10-13)16(17)18/h2-10,12,16,19H,11H2,1H3/t12-/m1/s1. The monoisotopic (exact) mass is 261 g/mol. The predicted octanol–water partition coefficient (Wildman–Crippen LogP) is 4.48. The van der Waals surface area contributed by atoms with Gasteiger partial charge in [0.15, 0.2) is 0 Å². The summed E-state index contributed by atoms with van der Waals surface area (Å²) in [7, 11) is 0. The zero-order chi connectivity index (χ0) is 13.7. The lowest BCUT2D eigenvalue weighted by atomic mass is 10.1. The van der Waals surface area contributed by atoms with Gasteiger partial charge in [0.1, 0.15) is 0 Å². The number of nitrogens with one attached hydrogen (secondary N) is 1. The molecule has 1 nitrogen and oxygen atoms in total. The van der Waals surface area contributed by atoms with Crippen molar-refractivity contribution in [1.29, 1.82) is 0 Å². The van der Waals surface area contributed by atoms with Crippen LogP contribution in [0, 0.1) is 0 Å². The lowest BCUT2D eigenvalue weighted by Gasteiger charge is -2.14. The van der Waals surface area contributed by atoms with Crippen LogP contribution in [0.2, 0.25) is 0 Å². The summed E-state index contributed by atoms with van der Waals surface area (Å²) < 4.78 is 25.2. The van der Waals surface area contributed by atoms with Gasteiger partial charge in [0, 0.05) is 18.2 Å². The highest BCUT2D eigenvalue weighted by molar-refractivity contribution is 5.25. The molecule has 3 heteroatoms. The molecule has 1 atom stereocenters. The lowest BCUT2D eigenvalue weighted by molar-refractivity contribution is 0.151. The number of alkyl halides is 2. The van der Waals surface area contributed by atoms with Crippen LogP contribution in [-0.4, -0.2) is 0 Å². The quantitative estimate of drug-likeness (QED) is 0.837. The third kappa shape index (κ3) is 3.86. The van der Waals surface area contributed by atoms with Gasteiger partial charge < -0.3 is 5.32 Å². The van der Waals surface area contributed by atoms with Crippen LogP contribution in [0.15, 0.2) is 54.6 Å². The van der Waals surface area contributed by atoms with Gasteiger partial charge in [-0.25, -0.2) is 8.78 Å². The molecule has 19 heavy (non-hydrogen) atoms. The fourth-order valence-electron chi connectivity index (χ4n) is 1.97. The Morgan fingerprint density at radius 1 is 0.947 bits per heavy atom. The van der Waals surface area contributed by atoms with E-state index in [0.29, 0.717) is 6.54 Å². The van der Waals surface area contributed by atoms with Crippen molar-refractivity contribution in [2.75, 3.05) is 0 Å². The molecule has 0 saturated heterocycles. The van der Waals surface area contributed by atoms with Crippen LogP contribution in [0.5, 0.6) is 0 Å². The molecule has 100 valence electrons. The molecule has 0 radical (unpaired) electrons. The average molecular weight is 261 g/mol. The predicted molar refractivity (Wildman–Crippen MR) is 73.1 cm³/mol. The van der Waals surface area contributed by atoms with Crippen molar-refractivity contribution in [3.8, 4) is 0 Å². The van der Waals surface area contributed by atoms with Gasteiger partial charge in [-0.05, 0) is 24.1 Å². The van der Waals surface area contributed by atoms with E-state index in [9.17, 15) is 8.78 Å². The van der Waals surface area contributed by atoms with Gasteiger partial charge in [0.25, 0.3) is 6.43 Å². The van der Waals surface area contributed by atoms with Crippen molar-refractivity contribution in [1.82, 2.24) is 5.32 Å². The Hall–Kier alpha value is -1.74. The Kier molecular flexibility index (Phi) is 4.63. The first-order valence-corrected chi connectivity index (χ1v) is 6.32. The number of hydrogen-bond donors (Lipinski definition) is 1. The summed E-state index contributed by atoms with van der Waals surface area (Å²) in [5.41, 5.74) is 2.14. The largest absolute Gasteiger partial charge is 0.306 e. The molecule has 0 saturated carbocycles. The van der Waals surface area contributed by atoms with Gasteiger partial charge in [-0.3, -0.25) is 0 Å². The van der Waals surface area contributed by atoms with E-state index in [1.54, 1.807) is 12.1 Å². The van der Waals surface area contributed by atoms with E-state index in [1.807, 2.05) is 36.4 Å². The first-order chi connectivity index (χ1) is 9.16. The van der Waals surface area contributed by atoms with E-state index in [-0.39, 0.29) is 11.6 Å². The normalized spacial score (nSPS) is 12.6. The maximum absolute atomic E-state index is 12.6. The van der Waals surface area contributed by atoms with E-state index in [1.165, 1.54) is 11.6 Å². The van der Waals surface area contributed by atoms with Crippen LogP contribution in [0.25, 0.3) is 0 Å². The van der Waals surface area contributed by atoms with Gasteiger partial charge in [-0.15, -0.1) is 0 Å². The van der Waals surface area contributed by atoms with Crippen LogP contribution in [-0.2, 0) is 6.54 Å². The molecule has 0 aliphatic heterocycles. The van der Waals surface area contributed by atoms with Gasteiger partial charge in [-0.1, -0.05) is 48.5 Å². The molecule has 0 heterocycles. The molecule has 0 aromatic heterocycles. The van der Waals surface area contributed by atoms with E-state index >= 15 is 0 Å². The molecule has 0 unspecified atom stereocenters. The summed E-state index contributed by atoms with van der Waals surface area (Å²) in [5.74, 6) is 0. The maximum atomic E-state index is 12.6. The number of hydrogen-bond acceptors (Lipinski definition) is 1. The third-order valence-electron chi connectivity index (χ3n) is 3.11. The fourth-order valence-corrected chi connectivity index (χ4v) is 1.97. The first kappa shape index (κ1) is 13.7. The first-order valence-electron chi connectivity index (χ1n) is 6.32. The number of rotatable bonds is 5. The van der Waals surface area contributed by atoms with E-state index in [4.69, 9.17) is 0 Å². The zero-order valence-electron chi connectivity index (χ0n) is 10.8. The zero-order valence-corrected chi connectivity index (χ0v) is 10.8. The van der Waals surface area contributed by atoms with Gasteiger partial charge in [0.05, 0.1) is 0 Å². The minimum Gasteiger partial charge on any atom is -0.306 e. The van der Waals surface area contributed by atoms with Gasteiger partial charge in [-0.2, -0.15) is 0 Å². The second-order valence-electron chi connectivity index (χ2n) is 4.56. The van der Waals surface area contributed by atoms with Crippen molar-refractivity contribution in [3.05, 3.63) is 71.3 Å². The van der Waals surface area contributed by atoms with Crippen LogP contribution >= 0.6 is 0 Å². The second-order valence-corrected chi connectivity index (χ2v) is 4.56. The van der Waals surface area contributed by atoms with Crippen LogP contribution in [0.3, 0.4) is 0 Å². The molecule has 2 aromatic carbocycles. The Labute approximate surface area is 112 Å². The Morgan fingerprint density at radius 2 is 1.63 bits per heavy atom. The van der Waals surface area contributed by atoms with Crippen LogP contribution in [0.4, 0.5) is 8.78 Å². The smallest absolute Gasteiger partial charge is 0.263 e. The molecule has 0 bridgehead atoms. The summed E-state index contributed by atoms with van der Waals surface area (Å²) in [6.45, 7) is 2.64. The van der Waals surface area contributed by atoms with Gasteiger partial charge in [0.2, 0.25) is 0 Å². The number of benzene rings is 2. The molecule has 2 rings (SSSR count). The molecule has 1 N–H and O–H groups in total. The molecule has 0 spiro atoms. The SMILES string of the molecule is C[C@@H](NCc1cccc(C(F)F)c1)c1ccccc1. The maximum Gasteiger partial charge on any atom is 0.263 e. The van der Waals surface area contributed by atoms with Crippen LogP contribution < -0.4 is 5.32 Å². The molecule has 2 aromatic rings. The van der Waals surface area contributed by atoms with E-state index < -0.39 is 6.43 Å². The van der Waals surface area contributed by atoms with Crippen molar-refractivity contribution < 1.29 is 8.78 Å². The summed E-state index contributed by atoms with van der Waals surface area (Å²) in [4.78, 5) is 0. The Morgan fingerprint density at radius 3 is 2.32 bits per heavy atom. The summed E-state index contributed by atoms with van der Waals surface area (Å²) >= 11 is 0. The van der Waals surface area contributed by atoms with E-state index in [2.05, 4.69) is 12.2 Å². The van der Waals surface area contributed by atoms with Crippen molar-refractivity contribution in [3.63, 3.8) is 0 Å². The van der Waals surface area contributed by atoms with Gasteiger partial charge >= 0.3 is 0 Å². The summed E-state index contributed by atoms with van der Waals surface area (Å²) in [5, 5.41) is 3.34. The molecular formula is C16H17F2N. The highest BCUT2D eigenvalue weighted by Crippen LogP contribution is 2.20. The molecule has 0 amide bonds. The average Bonchev–Trinajstić information content (AvgIpc) is 2.46. The Balaban J connectivity index is 1.97. The van der Waals surface area contributed by atoms with Crippen molar-refractivity contribution in [2.24, 2.45) is 0 Å². The minimum atomic E-state index is -2.41. The van der Waals surface area contributed by atoms with E-state index in [0.717, 1.165) is 5.56 Å². The molecular weight excluding hydrogens is 244 g/mol. The van der Waals surface area contributed by atoms with Crippen molar-refractivity contribution >= 4 is 0 Å². The lowest BCUT2D eigenvalue weighted by Crippen LogP contribution is -2.18.